The van der Waals surface area contributed by atoms with Gasteiger partial charge in [0, 0.05) is 10.8 Å². The molecule has 2 aromatic carbocycles. The van der Waals surface area contributed by atoms with Crippen LogP contribution in [-0.2, 0) is 9.59 Å². The molecule has 6 rings (SSSR count). The van der Waals surface area contributed by atoms with Crippen LogP contribution in [0.15, 0.2) is 131 Å². The largest absolute Gasteiger partial charge is 0.464 e. The van der Waals surface area contributed by atoms with Gasteiger partial charge in [0.25, 0.3) is 0 Å². The molecule has 4 nitrogen and oxygen atoms in total. The van der Waals surface area contributed by atoms with E-state index >= 15 is 0 Å². The van der Waals surface area contributed by atoms with Crippen molar-refractivity contribution >= 4 is 33.5 Å². The minimum absolute atomic E-state index is 0.0926. The summed E-state index contributed by atoms with van der Waals surface area (Å²) in [5, 5.41) is 2.33. The minimum atomic E-state index is 0.0926. The second-order valence-corrected chi connectivity index (χ2v) is 6.16. The molecule has 0 fully saturated rings. The maximum atomic E-state index is 10.1. The molecule has 4 aromatic rings. The number of fused-ring (bicyclic) bond motifs is 2. The van der Waals surface area contributed by atoms with Crippen LogP contribution in [0.1, 0.15) is 0 Å². The van der Waals surface area contributed by atoms with Gasteiger partial charge in [-0.15, -0.1) is 0 Å². The number of benzene rings is 2. The third-order valence-electron chi connectivity index (χ3n) is 3.99. The Bertz CT molecular complexity index is 1050. The Morgan fingerprint density at radius 2 is 0.833 bits per heavy atom. The van der Waals surface area contributed by atoms with Crippen molar-refractivity contribution in [2.45, 2.75) is 0 Å². The van der Waals surface area contributed by atoms with Crippen LogP contribution in [0.4, 0.5) is 0 Å². The highest BCUT2D eigenvalue weighted by molar-refractivity contribution is 6.02. The lowest BCUT2D eigenvalue weighted by molar-refractivity contribution is -0.111. The second kappa shape index (κ2) is 11.0. The molecule has 2 heterocycles. The maximum Gasteiger partial charge on any atom is 0.178 e. The van der Waals surface area contributed by atoms with Crippen molar-refractivity contribution in [1.29, 1.82) is 0 Å². The monoisotopic (exact) mass is 396 g/mol. The zero-order valence-corrected chi connectivity index (χ0v) is 16.2. The molecular weight excluding hydrogens is 376 g/mol. The highest BCUT2D eigenvalue weighted by atomic mass is 16.3. The summed E-state index contributed by atoms with van der Waals surface area (Å²) in [5.41, 5.74) is 1.91. The third-order valence-corrected chi connectivity index (χ3v) is 3.99. The number of ketones is 2. The molecule has 0 amide bonds. The van der Waals surface area contributed by atoms with Gasteiger partial charge in [-0.3, -0.25) is 9.59 Å². The highest BCUT2D eigenvalue weighted by Gasteiger charge is 1.91. The molecule has 0 atom stereocenters. The van der Waals surface area contributed by atoms with E-state index in [9.17, 15) is 9.59 Å². The Morgan fingerprint density at radius 3 is 1.13 bits per heavy atom. The zero-order chi connectivity index (χ0) is 21.0. The first kappa shape index (κ1) is 20.6. The Morgan fingerprint density at radius 1 is 0.467 bits per heavy atom. The van der Waals surface area contributed by atoms with E-state index in [0.29, 0.717) is 0 Å². The summed E-state index contributed by atoms with van der Waals surface area (Å²) in [5.74, 6) is 0.185. The van der Waals surface area contributed by atoms with Crippen molar-refractivity contribution in [1.82, 2.24) is 0 Å². The topological polar surface area (TPSA) is 60.4 Å². The Kier molecular flexibility index (Phi) is 7.52. The number of carbonyl (C=O) groups excluding carboxylic acids is 2. The van der Waals surface area contributed by atoms with Crippen LogP contribution in [0, 0.1) is 0 Å². The van der Waals surface area contributed by atoms with Crippen molar-refractivity contribution in [2.24, 2.45) is 0 Å². The van der Waals surface area contributed by atoms with Crippen molar-refractivity contribution in [3.63, 3.8) is 0 Å². The van der Waals surface area contributed by atoms with Gasteiger partial charge in [0.2, 0.25) is 0 Å². The van der Waals surface area contributed by atoms with E-state index in [-0.39, 0.29) is 11.6 Å². The summed E-state index contributed by atoms with van der Waals surface area (Å²) in [4.78, 5) is 20.1. The van der Waals surface area contributed by atoms with E-state index in [1.807, 2.05) is 60.7 Å². The lowest BCUT2D eigenvalue weighted by atomic mass is 10.3. The molecule has 0 radical (unpaired) electrons. The number of carbonyl (C=O) groups is 2. The molecule has 0 aliphatic heterocycles. The van der Waals surface area contributed by atoms with E-state index in [2.05, 4.69) is 0 Å². The molecule has 0 saturated heterocycles. The standard InChI is InChI=1S/2C8H6O.2C5H4O/c2*1-2-4-8-7(3-1)5-6-9-8;2*6-5-3-1-2-4-5/h2*1-6H;2*1-4H. The summed E-state index contributed by atoms with van der Waals surface area (Å²) >= 11 is 0. The lowest BCUT2D eigenvalue weighted by Crippen LogP contribution is -1.75. The smallest absolute Gasteiger partial charge is 0.178 e. The summed E-state index contributed by atoms with van der Waals surface area (Å²) in [7, 11) is 0. The van der Waals surface area contributed by atoms with Gasteiger partial charge in [0.05, 0.1) is 12.5 Å². The van der Waals surface area contributed by atoms with Crippen LogP contribution in [0.3, 0.4) is 0 Å². The number of allylic oxidation sites excluding steroid dienone is 8. The maximum absolute atomic E-state index is 10.1. The average Bonchev–Trinajstić information content (AvgIpc) is 3.57. The van der Waals surface area contributed by atoms with Gasteiger partial charge in [-0.1, -0.05) is 60.7 Å². The van der Waals surface area contributed by atoms with Gasteiger partial charge in [-0.25, -0.2) is 0 Å². The van der Waals surface area contributed by atoms with E-state index in [1.54, 1.807) is 36.8 Å². The lowest BCUT2D eigenvalue weighted by Gasteiger charge is -1.81. The molecule has 0 unspecified atom stereocenters. The van der Waals surface area contributed by atoms with Crippen LogP contribution < -0.4 is 0 Å². The first-order valence-electron chi connectivity index (χ1n) is 9.34. The molecule has 2 aliphatic rings. The van der Waals surface area contributed by atoms with E-state index < -0.39 is 0 Å². The molecule has 0 bridgehead atoms. The van der Waals surface area contributed by atoms with Gasteiger partial charge >= 0.3 is 0 Å². The quantitative estimate of drug-likeness (QED) is 0.354. The fraction of sp³-hybridized carbons (Fsp3) is 0. The molecule has 0 N–H and O–H groups in total. The molecule has 148 valence electrons. The van der Waals surface area contributed by atoms with Crippen LogP contribution in [-0.4, -0.2) is 11.6 Å². The van der Waals surface area contributed by atoms with Crippen molar-refractivity contribution in [3.8, 4) is 0 Å². The molecule has 4 heteroatoms. The summed E-state index contributed by atoms with van der Waals surface area (Å²) in [6.45, 7) is 0. The predicted molar refractivity (Wildman–Crippen MR) is 119 cm³/mol. The van der Waals surface area contributed by atoms with E-state index in [4.69, 9.17) is 8.83 Å². The van der Waals surface area contributed by atoms with Crippen LogP contribution in [0.2, 0.25) is 0 Å². The second-order valence-electron chi connectivity index (χ2n) is 6.16. The minimum Gasteiger partial charge on any atom is -0.464 e. The molecule has 2 aromatic heterocycles. The summed E-state index contributed by atoms with van der Waals surface area (Å²) < 4.78 is 10.2. The van der Waals surface area contributed by atoms with Crippen molar-refractivity contribution in [2.75, 3.05) is 0 Å². The Hall–Kier alpha value is -4.18. The van der Waals surface area contributed by atoms with Gasteiger partial charge in [0.1, 0.15) is 11.2 Å². The molecular formula is C26H20O4. The fourth-order valence-corrected chi connectivity index (χ4v) is 2.53. The molecule has 2 aliphatic carbocycles. The van der Waals surface area contributed by atoms with Gasteiger partial charge in [0.15, 0.2) is 11.6 Å². The molecule has 30 heavy (non-hydrogen) atoms. The summed E-state index contributed by atoms with van der Waals surface area (Å²) in [6, 6.07) is 19.8. The number of para-hydroxylation sites is 2. The number of furan rings is 2. The van der Waals surface area contributed by atoms with Gasteiger partial charge in [-0.2, -0.15) is 0 Å². The van der Waals surface area contributed by atoms with Crippen LogP contribution in [0.5, 0.6) is 0 Å². The van der Waals surface area contributed by atoms with Crippen LogP contribution >= 0.6 is 0 Å². The van der Waals surface area contributed by atoms with Crippen LogP contribution in [0.25, 0.3) is 21.9 Å². The summed E-state index contributed by atoms with van der Waals surface area (Å²) in [6.07, 6.45) is 16.4. The van der Waals surface area contributed by atoms with Crippen molar-refractivity contribution < 1.29 is 18.4 Å². The number of hydrogen-bond donors (Lipinski definition) is 0. The Balaban J connectivity index is 0.000000116. The predicted octanol–water partition coefficient (Wildman–Crippen LogP) is 6.23. The number of hydrogen-bond acceptors (Lipinski definition) is 4. The molecule has 0 spiro atoms. The SMILES string of the molecule is O=C1C=CC=C1.O=C1C=CC=C1.c1ccc2occc2c1.c1ccc2occc2c1. The number of rotatable bonds is 0. The fourth-order valence-electron chi connectivity index (χ4n) is 2.53. The first-order valence-corrected chi connectivity index (χ1v) is 9.34. The highest BCUT2D eigenvalue weighted by Crippen LogP contribution is 2.13. The first-order chi connectivity index (χ1) is 14.7. The third kappa shape index (κ3) is 6.46. The van der Waals surface area contributed by atoms with Gasteiger partial charge < -0.3 is 8.83 Å². The normalized spacial score (nSPS) is 12.9. The Labute approximate surface area is 174 Å². The van der Waals surface area contributed by atoms with E-state index in [1.165, 1.54) is 24.3 Å². The molecule has 0 saturated carbocycles. The average molecular weight is 396 g/mol. The van der Waals surface area contributed by atoms with Crippen molar-refractivity contribution in [3.05, 3.63) is 122 Å². The zero-order valence-electron chi connectivity index (χ0n) is 16.2. The van der Waals surface area contributed by atoms with E-state index in [0.717, 1.165) is 21.9 Å². The van der Waals surface area contributed by atoms with Gasteiger partial charge in [-0.05, 0) is 48.6 Å².